The summed E-state index contributed by atoms with van der Waals surface area (Å²) in [6.45, 7) is 2.22. The van der Waals surface area contributed by atoms with E-state index in [2.05, 4.69) is 0 Å². The summed E-state index contributed by atoms with van der Waals surface area (Å²) in [5, 5.41) is 17.7. The van der Waals surface area contributed by atoms with Crippen LogP contribution in [0, 0.1) is 17.2 Å². The first-order valence-electron chi connectivity index (χ1n) is 5.16. The van der Waals surface area contributed by atoms with Crippen LogP contribution in [0.3, 0.4) is 0 Å². The predicted octanol–water partition coefficient (Wildman–Crippen LogP) is 0.832. The fraction of sp³-hybridized carbons (Fsp3) is 0.700. The van der Waals surface area contributed by atoms with Gasteiger partial charge in [0.25, 0.3) is 0 Å². The van der Waals surface area contributed by atoms with Crippen LogP contribution in [0.15, 0.2) is 0 Å². The number of piperidine rings is 1. The van der Waals surface area contributed by atoms with Gasteiger partial charge < -0.3 is 9.84 Å². The molecule has 0 spiro atoms. The van der Waals surface area contributed by atoms with Gasteiger partial charge in [0, 0.05) is 6.54 Å². The van der Waals surface area contributed by atoms with Crippen molar-refractivity contribution in [1.82, 2.24) is 4.90 Å². The lowest BCUT2D eigenvalue weighted by Gasteiger charge is -2.32. The van der Waals surface area contributed by atoms with E-state index in [9.17, 15) is 9.59 Å². The molecule has 1 heterocycles. The van der Waals surface area contributed by atoms with Crippen molar-refractivity contribution in [1.29, 1.82) is 5.26 Å². The zero-order chi connectivity index (χ0) is 12.1. The van der Waals surface area contributed by atoms with Crippen LogP contribution >= 0.6 is 0 Å². The minimum atomic E-state index is -1.12. The molecule has 1 aliphatic rings. The summed E-state index contributed by atoms with van der Waals surface area (Å²) in [5.74, 6) is -0.701. The van der Waals surface area contributed by atoms with Crippen LogP contribution in [-0.4, -0.2) is 41.3 Å². The summed E-state index contributed by atoms with van der Waals surface area (Å²) >= 11 is 0. The lowest BCUT2D eigenvalue weighted by Crippen LogP contribution is -2.46. The lowest BCUT2D eigenvalue weighted by atomic mass is 9.92. The molecule has 1 aliphatic heterocycles. The summed E-state index contributed by atoms with van der Waals surface area (Å²) in [4.78, 5) is 23.3. The largest absolute Gasteiger partial charge is 0.466 e. The Labute approximate surface area is 93.4 Å². The van der Waals surface area contributed by atoms with Gasteiger partial charge in [-0.3, -0.25) is 9.69 Å². The van der Waals surface area contributed by atoms with Gasteiger partial charge in [0.15, 0.2) is 0 Å². The van der Waals surface area contributed by atoms with Crippen molar-refractivity contribution in [3.63, 3.8) is 0 Å². The standard InChI is InChI=1S/C10H14N2O4/c1-2-16-9(13)7-3-4-12(10(14)15)8(5-7)6-11/h7-8H,2-5H2,1H3,(H,14,15). The molecular formula is C10H14N2O4. The zero-order valence-electron chi connectivity index (χ0n) is 9.05. The van der Waals surface area contributed by atoms with Crippen LogP contribution in [0.2, 0.25) is 0 Å². The average molecular weight is 226 g/mol. The van der Waals surface area contributed by atoms with Crippen molar-refractivity contribution in [2.24, 2.45) is 5.92 Å². The number of ether oxygens (including phenoxy) is 1. The quantitative estimate of drug-likeness (QED) is 0.704. The molecule has 0 aromatic heterocycles. The highest BCUT2D eigenvalue weighted by atomic mass is 16.5. The first kappa shape index (κ1) is 12.3. The third-order valence-corrected chi connectivity index (χ3v) is 2.62. The second-order valence-electron chi connectivity index (χ2n) is 3.59. The van der Waals surface area contributed by atoms with Crippen molar-refractivity contribution in [3.8, 4) is 6.07 Å². The van der Waals surface area contributed by atoms with Gasteiger partial charge in [0.2, 0.25) is 0 Å². The molecule has 1 fully saturated rings. The molecule has 1 rings (SSSR count). The molecule has 2 unspecified atom stereocenters. The van der Waals surface area contributed by atoms with Gasteiger partial charge in [-0.25, -0.2) is 4.79 Å². The van der Waals surface area contributed by atoms with E-state index in [0.717, 1.165) is 4.90 Å². The van der Waals surface area contributed by atoms with Crippen molar-refractivity contribution < 1.29 is 19.4 Å². The summed E-state index contributed by atoms with van der Waals surface area (Å²) < 4.78 is 4.86. The summed E-state index contributed by atoms with van der Waals surface area (Å²) in [5.41, 5.74) is 0. The van der Waals surface area contributed by atoms with Crippen LogP contribution in [0.4, 0.5) is 4.79 Å². The molecule has 2 atom stereocenters. The molecule has 1 amide bonds. The van der Waals surface area contributed by atoms with E-state index in [1.807, 2.05) is 6.07 Å². The van der Waals surface area contributed by atoms with Crippen LogP contribution in [0.25, 0.3) is 0 Å². The summed E-state index contributed by atoms with van der Waals surface area (Å²) in [7, 11) is 0. The first-order chi connectivity index (χ1) is 7.60. The number of amides is 1. The Morgan fingerprint density at radius 2 is 2.31 bits per heavy atom. The Morgan fingerprint density at radius 1 is 1.62 bits per heavy atom. The summed E-state index contributed by atoms with van der Waals surface area (Å²) in [6.07, 6.45) is -0.473. The van der Waals surface area contributed by atoms with E-state index in [-0.39, 0.29) is 24.9 Å². The highest BCUT2D eigenvalue weighted by Gasteiger charge is 2.35. The molecule has 0 aromatic carbocycles. The molecule has 0 aromatic rings. The topological polar surface area (TPSA) is 90.6 Å². The Kier molecular flexibility index (Phi) is 4.11. The van der Waals surface area contributed by atoms with Gasteiger partial charge >= 0.3 is 12.1 Å². The van der Waals surface area contributed by atoms with Gasteiger partial charge in [-0.05, 0) is 19.8 Å². The number of hydrogen-bond donors (Lipinski definition) is 1. The maximum atomic E-state index is 11.4. The van der Waals surface area contributed by atoms with Crippen LogP contribution < -0.4 is 0 Å². The van der Waals surface area contributed by atoms with Crippen LogP contribution in [0.5, 0.6) is 0 Å². The minimum absolute atomic E-state index is 0.205. The van der Waals surface area contributed by atoms with Crippen molar-refractivity contribution in [2.45, 2.75) is 25.8 Å². The molecule has 6 heteroatoms. The van der Waals surface area contributed by atoms with Crippen molar-refractivity contribution in [2.75, 3.05) is 13.2 Å². The summed E-state index contributed by atoms with van der Waals surface area (Å²) in [6, 6.07) is 1.15. The first-order valence-corrected chi connectivity index (χ1v) is 5.16. The molecule has 16 heavy (non-hydrogen) atoms. The maximum Gasteiger partial charge on any atom is 0.408 e. The molecular weight excluding hydrogens is 212 g/mol. The number of carbonyl (C=O) groups is 2. The highest BCUT2D eigenvalue weighted by Crippen LogP contribution is 2.23. The second-order valence-corrected chi connectivity index (χ2v) is 3.59. The monoisotopic (exact) mass is 226 g/mol. The van der Waals surface area contributed by atoms with E-state index in [0.29, 0.717) is 13.0 Å². The lowest BCUT2D eigenvalue weighted by molar-refractivity contribution is -0.149. The SMILES string of the molecule is CCOC(=O)C1CCN(C(=O)O)C(C#N)C1. The van der Waals surface area contributed by atoms with Crippen molar-refractivity contribution >= 4 is 12.1 Å². The molecule has 6 nitrogen and oxygen atoms in total. The molecule has 0 aliphatic carbocycles. The Bertz CT molecular complexity index is 323. The number of rotatable bonds is 2. The normalized spacial score (nSPS) is 24.6. The Hall–Kier alpha value is -1.77. The van der Waals surface area contributed by atoms with E-state index < -0.39 is 12.1 Å². The van der Waals surface area contributed by atoms with Gasteiger partial charge in [0.1, 0.15) is 6.04 Å². The predicted molar refractivity (Wildman–Crippen MR) is 53.5 cm³/mol. The molecule has 88 valence electrons. The maximum absolute atomic E-state index is 11.4. The molecule has 0 bridgehead atoms. The molecule has 1 saturated heterocycles. The van der Waals surface area contributed by atoms with Gasteiger partial charge in [-0.15, -0.1) is 0 Å². The Morgan fingerprint density at radius 3 is 2.81 bits per heavy atom. The third kappa shape index (κ3) is 2.63. The number of likely N-dealkylation sites (tertiary alicyclic amines) is 1. The van der Waals surface area contributed by atoms with Crippen LogP contribution in [0.1, 0.15) is 19.8 Å². The zero-order valence-corrected chi connectivity index (χ0v) is 9.05. The fourth-order valence-electron chi connectivity index (χ4n) is 1.79. The van der Waals surface area contributed by atoms with Gasteiger partial charge in [0.05, 0.1) is 18.6 Å². The highest BCUT2D eigenvalue weighted by molar-refractivity contribution is 5.73. The van der Waals surface area contributed by atoms with Crippen LogP contribution in [-0.2, 0) is 9.53 Å². The van der Waals surface area contributed by atoms with Crippen molar-refractivity contribution in [3.05, 3.63) is 0 Å². The fourth-order valence-corrected chi connectivity index (χ4v) is 1.79. The average Bonchev–Trinajstić information content (AvgIpc) is 2.28. The Balaban J connectivity index is 2.63. The number of nitriles is 1. The number of esters is 1. The van der Waals surface area contributed by atoms with E-state index in [1.165, 1.54) is 0 Å². The number of nitrogens with zero attached hydrogens (tertiary/aromatic N) is 2. The molecule has 0 radical (unpaired) electrons. The van der Waals surface area contributed by atoms with Gasteiger partial charge in [-0.1, -0.05) is 0 Å². The number of hydrogen-bond acceptors (Lipinski definition) is 4. The van der Waals surface area contributed by atoms with E-state index >= 15 is 0 Å². The second kappa shape index (κ2) is 5.35. The van der Waals surface area contributed by atoms with E-state index in [4.69, 9.17) is 15.1 Å². The molecule has 0 saturated carbocycles. The van der Waals surface area contributed by atoms with E-state index in [1.54, 1.807) is 6.92 Å². The number of carbonyl (C=O) groups excluding carboxylic acids is 1. The van der Waals surface area contributed by atoms with Gasteiger partial charge in [-0.2, -0.15) is 5.26 Å². The minimum Gasteiger partial charge on any atom is -0.466 e. The molecule has 1 N–H and O–H groups in total. The number of carboxylic acid groups (broad SMARTS) is 1. The smallest absolute Gasteiger partial charge is 0.408 e. The third-order valence-electron chi connectivity index (χ3n) is 2.62.